The van der Waals surface area contributed by atoms with Crippen LogP contribution in [0.5, 0.6) is 0 Å². The van der Waals surface area contributed by atoms with Crippen LogP contribution in [0.1, 0.15) is 31.9 Å². The monoisotopic (exact) mass is 232 g/mol. The molecule has 0 bridgehead atoms. The van der Waals surface area contributed by atoms with E-state index in [4.69, 9.17) is 0 Å². The number of carbonyl (C=O) groups excluding carboxylic acids is 1. The Labute approximate surface area is 93.3 Å². The maximum Gasteiger partial charge on any atom is 0.416 e. The summed E-state index contributed by atoms with van der Waals surface area (Å²) in [4.78, 5) is 10.7. The largest absolute Gasteiger partial charge is 0.416 e. The predicted octanol–water partition coefficient (Wildman–Crippen LogP) is 3.86. The lowest BCUT2D eigenvalue weighted by Crippen LogP contribution is -2.05. The quantitative estimate of drug-likeness (QED) is 0.756. The average Bonchev–Trinajstić information content (AvgIpc) is 2.19. The van der Waals surface area contributed by atoms with Gasteiger partial charge in [-0.2, -0.15) is 13.2 Å². The van der Waals surface area contributed by atoms with Crippen LogP contribution < -0.4 is 0 Å². The predicted molar refractivity (Wildman–Crippen MR) is 57.2 cm³/mol. The van der Waals surface area contributed by atoms with Crippen LogP contribution in [-0.2, 0) is 17.4 Å². The molecule has 0 saturated carbocycles. The van der Waals surface area contributed by atoms with Crippen LogP contribution >= 0.6 is 0 Å². The molecule has 4 heteroatoms. The van der Waals surface area contributed by atoms with Crippen LogP contribution in [0.15, 0.2) is 24.3 Å². The van der Waals surface area contributed by atoms with Gasteiger partial charge in [0, 0.05) is 6.42 Å². The van der Waals surface area contributed by atoms with Crippen LogP contribution in [0.4, 0.5) is 13.2 Å². The zero-order chi connectivity index (χ0) is 12.8. The van der Waals surface area contributed by atoms with Crippen molar-refractivity contribution in [3.8, 4) is 0 Å². The fourth-order valence-electron chi connectivity index (χ4n) is 1.10. The van der Waals surface area contributed by atoms with Gasteiger partial charge in [0.15, 0.2) is 0 Å². The molecule has 90 valence electrons. The molecular formula is C12H15F3O. The highest BCUT2D eigenvalue weighted by atomic mass is 19.4. The number of alkyl halides is 3. The molecule has 0 aliphatic carbocycles. The summed E-state index contributed by atoms with van der Waals surface area (Å²) in [6, 6.07) is 4.62. The van der Waals surface area contributed by atoms with Crippen molar-refractivity contribution in [1.82, 2.24) is 0 Å². The molecule has 16 heavy (non-hydrogen) atoms. The summed E-state index contributed by atoms with van der Waals surface area (Å²) in [6.07, 6.45) is -4.13. The molecule has 0 atom stereocenters. The van der Waals surface area contributed by atoms with Gasteiger partial charge in [0.2, 0.25) is 0 Å². The molecule has 0 aliphatic rings. The van der Waals surface area contributed by atoms with Gasteiger partial charge >= 0.3 is 6.18 Å². The van der Waals surface area contributed by atoms with Crippen molar-refractivity contribution < 1.29 is 18.0 Å². The molecule has 1 aromatic rings. The Kier molecular flexibility index (Phi) is 5.78. The van der Waals surface area contributed by atoms with Gasteiger partial charge in [0.25, 0.3) is 0 Å². The zero-order valence-corrected chi connectivity index (χ0v) is 9.56. The minimum Gasteiger partial charge on any atom is -0.300 e. The molecule has 0 amide bonds. The van der Waals surface area contributed by atoms with Crippen molar-refractivity contribution >= 4 is 5.78 Å². The molecule has 0 aromatic heterocycles. The molecular weight excluding hydrogens is 217 g/mol. The molecule has 1 aromatic carbocycles. The normalized spacial score (nSPS) is 10.4. The van der Waals surface area contributed by atoms with Gasteiger partial charge in [-0.3, -0.25) is 4.79 Å². The molecule has 0 saturated heterocycles. The van der Waals surface area contributed by atoms with E-state index in [-0.39, 0.29) is 12.2 Å². The third kappa shape index (κ3) is 4.96. The third-order valence-corrected chi connectivity index (χ3v) is 1.73. The minimum absolute atomic E-state index is 0.0650. The number of halogens is 3. The van der Waals surface area contributed by atoms with Crippen molar-refractivity contribution in [2.75, 3.05) is 0 Å². The highest BCUT2D eigenvalue weighted by Gasteiger charge is 2.29. The molecule has 0 aliphatic heterocycles. The highest BCUT2D eigenvalue weighted by Crippen LogP contribution is 2.29. The number of hydrogen-bond acceptors (Lipinski definition) is 1. The fraction of sp³-hybridized carbons (Fsp3) is 0.417. The van der Waals surface area contributed by atoms with Gasteiger partial charge in [-0.05, 0) is 24.6 Å². The van der Waals surface area contributed by atoms with Gasteiger partial charge in [-0.1, -0.05) is 26.0 Å². The van der Waals surface area contributed by atoms with E-state index in [1.54, 1.807) is 0 Å². The van der Waals surface area contributed by atoms with E-state index < -0.39 is 11.7 Å². The summed E-state index contributed by atoms with van der Waals surface area (Å²) in [7, 11) is 0. The van der Waals surface area contributed by atoms with Gasteiger partial charge < -0.3 is 0 Å². The van der Waals surface area contributed by atoms with Gasteiger partial charge in [0.05, 0.1) is 5.56 Å². The summed E-state index contributed by atoms with van der Waals surface area (Å²) in [5.74, 6) is -0.0650. The molecule has 0 radical (unpaired) electrons. The molecule has 0 spiro atoms. The highest BCUT2D eigenvalue weighted by molar-refractivity contribution is 5.78. The summed E-state index contributed by atoms with van der Waals surface area (Å²) in [5, 5.41) is 0. The van der Waals surface area contributed by atoms with E-state index >= 15 is 0 Å². The van der Waals surface area contributed by atoms with Gasteiger partial charge in [-0.15, -0.1) is 0 Å². The standard InChI is InChI=1S/C10H9F3O.C2H6/c1-7(14)6-8-2-4-9(5-3-8)10(11,12)13;1-2/h2-5H,6H2,1H3;1-2H3. The van der Waals surface area contributed by atoms with Crippen molar-refractivity contribution in [2.45, 2.75) is 33.4 Å². The van der Waals surface area contributed by atoms with Crippen molar-refractivity contribution in [2.24, 2.45) is 0 Å². The lowest BCUT2D eigenvalue weighted by atomic mass is 10.1. The fourth-order valence-corrected chi connectivity index (χ4v) is 1.10. The van der Waals surface area contributed by atoms with E-state index in [1.807, 2.05) is 13.8 Å². The smallest absolute Gasteiger partial charge is 0.300 e. The van der Waals surface area contributed by atoms with Crippen molar-refractivity contribution in [1.29, 1.82) is 0 Å². The van der Waals surface area contributed by atoms with Crippen molar-refractivity contribution in [3.63, 3.8) is 0 Å². The van der Waals surface area contributed by atoms with Gasteiger partial charge in [0.1, 0.15) is 5.78 Å². The summed E-state index contributed by atoms with van der Waals surface area (Å²) >= 11 is 0. The Morgan fingerprint density at radius 1 is 1.12 bits per heavy atom. The molecule has 0 fully saturated rings. The Bertz CT molecular complexity index is 325. The molecule has 1 nitrogen and oxygen atoms in total. The Morgan fingerprint density at radius 3 is 1.88 bits per heavy atom. The molecule has 0 unspecified atom stereocenters. The topological polar surface area (TPSA) is 17.1 Å². The second kappa shape index (κ2) is 6.30. The number of rotatable bonds is 2. The summed E-state index contributed by atoms with van der Waals surface area (Å²) in [5.41, 5.74) is -0.0877. The summed E-state index contributed by atoms with van der Waals surface area (Å²) in [6.45, 7) is 5.40. The van der Waals surface area contributed by atoms with E-state index in [0.29, 0.717) is 5.56 Å². The second-order valence-corrected chi connectivity index (χ2v) is 3.07. The third-order valence-electron chi connectivity index (χ3n) is 1.73. The second-order valence-electron chi connectivity index (χ2n) is 3.07. The van der Waals surface area contributed by atoms with Crippen LogP contribution in [0.2, 0.25) is 0 Å². The number of hydrogen-bond donors (Lipinski definition) is 0. The maximum atomic E-state index is 12.1. The van der Waals surface area contributed by atoms with Gasteiger partial charge in [-0.25, -0.2) is 0 Å². The first-order valence-corrected chi connectivity index (χ1v) is 5.05. The SMILES string of the molecule is CC.CC(=O)Cc1ccc(C(F)(F)F)cc1. The van der Waals surface area contributed by atoms with E-state index in [0.717, 1.165) is 12.1 Å². The minimum atomic E-state index is -4.31. The first-order valence-electron chi connectivity index (χ1n) is 5.05. The molecule has 0 heterocycles. The number of ketones is 1. The Morgan fingerprint density at radius 2 is 1.56 bits per heavy atom. The maximum absolute atomic E-state index is 12.1. The van der Waals surface area contributed by atoms with E-state index in [2.05, 4.69) is 0 Å². The van der Waals surface area contributed by atoms with E-state index in [1.165, 1.54) is 19.1 Å². The number of Topliss-reactive ketones (excluding diaryl/α,β-unsaturated/α-hetero) is 1. The zero-order valence-electron chi connectivity index (χ0n) is 9.56. The Hall–Kier alpha value is -1.32. The van der Waals surface area contributed by atoms with Crippen LogP contribution in [0, 0.1) is 0 Å². The molecule has 1 rings (SSSR count). The van der Waals surface area contributed by atoms with Crippen LogP contribution in [-0.4, -0.2) is 5.78 Å². The Balaban J connectivity index is 0.00000106. The first-order chi connectivity index (χ1) is 7.39. The number of carbonyl (C=O) groups is 1. The first kappa shape index (κ1) is 14.7. The van der Waals surface area contributed by atoms with E-state index in [9.17, 15) is 18.0 Å². The lowest BCUT2D eigenvalue weighted by molar-refractivity contribution is -0.137. The average molecular weight is 232 g/mol. The van der Waals surface area contributed by atoms with Crippen molar-refractivity contribution in [3.05, 3.63) is 35.4 Å². The molecule has 0 N–H and O–H groups in total. The van der Waals surface area contributed by atoms with Crippen LogP contribution in [0.3, 0.4) is 0 Å². The van der Waals surface area contributed by atoms with Crippen LogP contribution in [0.25, 0.3) is 0 Å². The summed E-state index contributed by atoms with van der Waals surface area (Å²) < 4.78 is 36.3. The number of benzene rings is 1. The lowest BCUT2D eigenvalue weighted by Gasteiger charge is -2.06.